The second-order valence-electron chi connectivity index (χ2n) is 18.8. The van der Waals surface area contributed by atoms with Crippen molar-refractivity contribution in [2.24, 2.45) is 5.41 Å². The third kappa shape index (κ3) is 13.1. The number of benzene rings is 3. The number of nitrogens with one attached hydrogen (secondary N) is 2. The van der Waals surface area contributed by atoms with Crippen LogP contribution >= 0.6 is 23.6 Å². The average molecular weight is 1000 g/mol. The van der Waals surface area contributed by atoms with E-state index in [1.165, 1.54) is 21.9 Å². The first kappa shape index (κ1) is 53.4. The molecule has 1 aromatic heterocycles. The summed E-state index contributed by atoms with van der Waals surface area (Å²) in [6, 6.07) is 17.0. The van der Waals surface area contributed by atoms with Gasteiger partial charge in [-0.3, -0.25) is 24.1 Å². The molecule has 2 fully saturated rings. The highest BCUT2D eigenvalue weighted by Gasteiger charge is 2.50. The Bertz CT molecular complexity index is 2530. The normalized spacial score (nSPS) is 17.2. The van der Waals surface area contributed by atoms with Gasteiger partial charge in [0, 0.05) is 75.7 Å². The van der Waals surface area contributed by atoms with Crippen LogP contribution in [0, 0.1) is 18.9 Å². The SMILES string of the molecule is [C-]#[N+]c1ccc(N2C(=O)C(C)(C)N(c3ccc(OCCCOCCCOCCCC(=O)N[C@H](C(=O)N4C[C@H](O)C[C@H]4C(=O)NCc4ccc(-c5scnc5C)cc4)C(C)(C)C)cc3)C2=S)cc1C(F)F. The molecule has 6 rings (SSSR count). The van der Waals surface area contributed by atoms with E-state index in [9.17, 15) is 33.1 Å². The summed E-state index contributed by atoms with van der Waals surface area (Å²) in [5.41, 5.74) is 3.05. The fraction of sp³-hybridized carbons (Fsp3) is 0.471. The summed E-state index contributed by atoms with van der Waals surface area (Å²) in [5, 5.41) is 16.5. The number of likely N-dealkylation sites (tertiary alicyclic amines) is 1. The lowest BCUT2D eigenvalue weighted by atomic mass is 9.85. The second-order valence-corrected chi connectivity index (χ2v) is 20.0. The fourth-order valence-electron chi connectivity index (χ4n) is 8.27. The van der Waals surface area contributed by atoms with E-state index in [2.05, 4.69) is 20.5 Å². The van der Waals surface area contributed by atoms with E-state index in [1.54, 1.807) is 54.3 Å². The molecule has 0 spiro atoms. The molecule has 3 atom stereocenters. The molecule has 0 bridgehead atoms. The Hall–Kier alpha value is -5.91. The number of β-amino-alcohol motifs (C(OH)–C–C–N with tert-alkyl or cyclic N) is 1. The number of anilines is 2. The van der Waals surface area contributed by atoms with Crippen LogP contribution < -0.4 is 25.2 Å². The molecule has 4 amide bonds. The van der Waals surface area contributed by atoms with E-state index < -0.39 is 47.0 Å². The van der Waals surface area contributed by atoms with Crippen molar-refractivity contribution in [3.63, 3.8) is 0 Å². The molecule has 3 aromatic carbocycles. The number of thiazole rings is 1. The zero-order valence-electron chi connectivity index (χ0n) is 40.3. The molecule has 2 saturated heterocycles. The molecule has 374 valence electrons. The van der Waals surface area contributed by atoms with Crippen molar-refractivity contribution in [2.45, 2.75) is 110 Å². The van der Waals surface area contributed by atoms with Crippen LogP contribution in [0.2, 0.25) is 0 Å². The van der Waals surface area contributed by atoms with E-state index in [0.29, 0.717) is 63.7 Å². The van der Waals surface area contributed by atoms with Crippen molar-refractivity contribution in [3.8, 4) is 16.2 Å². The predicted octanol–water partition coefficient (Wildman–Crippen LogP) is 8.31. The number of carbonyl (C=O) groups excluding carboxylic acids is 4. The number of amides is 4. The minimum absolute atomic E-state index is 0.00755. The molecule has 0 radical (unpaired) electrons. The molecule has 4 aromatic rings. The molecule has 0 aliphatic carbocycles. The Morgan fingerprint density at radius 3 is 2.23 bits per heavy atom. The van der Waals surface area contributed by atoms with Gasteiger partial charge < -0.3 is 39.8 Å². The van der Waals surface area contributed by atoms with Crippen molar-refractivity contribution in [2.75, 3.05) is 49.4 Å². The van der Waals surface area contributed by atoms with Crippen LogP contribution in [0.4, 0.5) is 25.8 Å². The zero-order chi connectivity index (χ0) is 50.8. The number of aliphatic hydroxyl groups excluding tert-OH is 1. The van der Waals surface area contributed by atoms with E-state index in [-0.39, 0.29) is 60.1 Å². The molecule has 3 heterocycles. The topological polar surface area (TPSA) is 167 Å². The van der Waals surface area contributed by atoms with Gasteiger partial charge in [-0.2, -0.15) is 0 Å². The van der Waals surface area contributed by atoms with E-state index in [0.717, 1.165) is 27.8 Å². The monoisotopic (exact) mass is 1000 g/mol. The smallest absolute Gasteiger partial charge is 0.259 e. The van der Waals surface area contributed by atoms with Crippen LogP contribution in [0.5, 0.6) is 5.75 Å². The highest BCUT2D eigenvalue weighted by molar-refractivity contribution is 7.81. The van der Waals surface area contributed by atoms with Crippen LogP contribution in [-0.4, -0.2) is 107 Å². The van der Waals surface area contributed by atoms with Gasteiger partial charge in [0.1, 0.15) is 23.4 Å². The Labute approximate surface area is 417 Å². The standard InChI is InChI=1S/C51H61F2N7O8S2/c1-32-43(70-31-56-32)34-14-12-33(13-15-34)29-55-46(63)41-28-37(61)30-58(41)47(64)44(50(2,3)4)57-42(62)11-8-22-66-23-9-24-67-25-10-26-68-38-19-16-35(17-20-38)60-49(69)59(48(65)51(60,5)6)36-18-21-40(54-7)39(27-36)45(52)53/h12-21,27,31,37,41,44-45,61H,8-11,22-26,28-30H2,1-6H3,(H,55,63)(H,57,62)/t37-,41+,44-/m1/s1. The van der Waals surface area contributed by atoms with Crippen LogP contribution in [0.1, 0.15) is 90.0 Å². The maximum atomic E-state index is 14.0. The first-order chi connectivity index (χ1) is 33.3. The molecule has 19 heteroatoms. The van der Waals surface area contributed by atoms with Crippen LogP contribution in [0.3, 0.4) is 0 Å². The lowest BCUT2D eigenvalue weighted by molar-refractivity contribution is -0.144. The number of ether oxygens (including phenoxy) is 3. The third-order valence-electron chi connectivity index (χ3n) is 12.1. The summed E-state index contributed by atoms with van der Waals surface area (Å²) in [6.07, 6.45) is -1.79. The van der Waals surface area contributed by atoms with Gasteiger partial charge in [0.15, 0.2) is 10.8 Å². The maximum absolute atomic E-state index is 14.0. The van der Waals surface area contributed by atoms with Crippen LogP contribution in [0.15, 0.2) is 72.2 Å². The fourth-order valence-corrected chi connectivity index (χ4v) is 9.61. The van der Waals surface area contributed by atoms with E-state index in [1.807, 2.05) is 57.5 Å². The Morgan fingerprint density at radius 1 is 0.971 bits per heavy atom. The van der Waals surface area contributed by atoms with Crippen LogP contribution in [0.25, 0.3) is 15.3 Å². The van der Waals surface area contributed by atoms with Crippen molar-refractivity contribution < 1.29 is 47.3 Å². The molecule has 70 heavy (non-hydrogen) atoms. The number of alkyl halides is 2. The Kier molecular flexibility index (Phi) is 18.2. The van der Waals surface area contributed by atoms with Gasteiger partial charge in [0.2, 0.25) is 17.7 Å². The minimum Gasteiger partial charge on any atom is -0.494 e. The number of aromatic nitrogens is 1. The van der Waals surface area contributed by atoms with Crippen molar-refractivity contribution in [1.82, 2.24) is 20.5 Å². The average Bonchev–Trinajstić information content (AvgIpc) is 3.99. The van der Waals surface area contributed by atoms with Gasteiger partial charge in [-0.15, -0.1) is 11.3 Å². The molecular formula is C51H61F2N7O8S2. The van der Waals surface area contributed by atoms with Gasteiger partial charge in [0.25, 0.3) is 12.3 Å². The zero-order valence-corrected chi connectivity index (χ0v) is 42.0. The Balaban J connectivity index is 0.847. The maximum Gasteiger partial charge on any atom is 0.259 e. The number of halogens is 2. The number of thiocarbonyl (C=S) groups is 1. The first-order valence-electron chi connectivity index (χ1n) is 23.2. The van der Waals surface area contributed by atoms with Gasteiger partial charge in [0.05, 0.1) is 35.4 Å². The summed E-state index contributed by atoms with van der Waals surface area (Å²) in [7, 11) is 0. The molecule has 3 N–H and O–H groups in total. The summed E-state index contributed by atoms with van der Waals surface area (Å²) in [5.74, 6) is -0.881. The molecule has 0 saturated carbocycles. The molecule has 0 unspecified atom stereocenters. The summed E-state index contributed by atoms with van der Waals surface area (Å²) in [6.45, 7) is 20.5. The summed E-state index contributed by atoms with van der Waals surface area (Å²) < 4.78 is 44.7. The predicted molar refractivity (Wildman–Crippen MR) is 268 cm³/mol. The number of rotatable bonds is 22. The highest BCUT2D eigenvalue weighted by atomic mass is 32.1. The van der Waals surface area contributed by atoms with Gasteiger partial charge in [-0.25, -0.2) is 18.6 Å². The molecule has 15 nitrogen and oxygen atoms in total. The van der Waals surface area contributed by atoms with Gasteiger partial charge >= 0.3 is 0 Å². The van der Waals surface area contributed by atoms with Gasteiger partial charge in [-0.1, -0.05) is 51.1 Å². The number of hydrogen-bond acceptors (Lipinski definition) is 11. The molecular weight excluding hydrogens is 941 g/mol. The number of nitrogens with zero attached hydrogens (tertiary/aromatic N) is 5. The summed E-state index contributed by atoms with van der Waals surface area (Å²) in [4.78, 5) is 66.8. The first-order valence-corrected chi connectivity index (χ1v) is 24.5. The van der Waals surface area contributed by atoms with E-state index >= 15 is 0 Å². The summed E-state index contributed by atoms with van der Waals surface area (Å²) >= 11 is 7.26. The quantitative estimate of drug-likeness (QED) is 0.0394. The van der Waals surface area contributed by atoms with E-state index in [4.69, 9.17) is 33.0 Å². The lowest BCUT2D eigenvalue weighted by Crippen LogP contribution is -2.57. The van der Waals surface area contributed by atoms with Gasteiger partial charge in [-0.05, 0) is 98.8 Å². The van der Waals surface area contributed by atoms with Crippen molar-refractivity contribution >= 4 is 69.4 Å². The highest BCUT2D eigenvalue weighted by Crippen LogP contribution is 2.40. The second kappa shape index (κ2) is 23.8. The number of aryl methyl sites for hydroxylation is 1. The molecule has 2 aliphatic heterocycles. The molecule has 2 aliphatic rings. The Morgan fingerprint density at radius 2 is 1.61 bits per heavy atom. The van der Waals surface area contributed by atoms with Crippen LogP contribution in [-0.2, 0) is 35.2 Å². The number of aliphatic hydroxyl groups is 1. The lowest BCUT2D eigenvalue weighted by Gasteiger charge is -2.35. The van der Waals surface area contributed by atoms with Crippen molar-refractivity contribution in [1.29, 1.82) is 0 Å². The minimum atomic E-state index is -2.89. The third-order valence-corrected chi connectivity index (χ3v) is 13.4. The largest absolute Gasteiger partial charge is 0.494 e. The van der Waals surface area contributed by atoms with Crippen molar-refractivity contribution in [3.05, 3.63) is 100 Å². The number of carbonyl (C=O) groups is 4. The number of hydrogen-bond donors (Lipinski definition) is 3.